The maximum absolute atomic E-state index is 13.9. The van der Waals surface area contributed by atoms with E-state index in [0.717, 1.165) is 24.3 Å². The van der Waals surface area contributed by atoms with E-state index in [2.05, 4.69) is 5.32 Å². The van der Waals surface area contributed by atoms with E-state index in [1.54, 1.807) is 24.3 Å². The number of urea groups is 1. The molecular weight excluding hydrogens is 468 g/mol. The van der Waals surface area contributed by atoms with Crippen LogP contribution in [0.15, 0.2) is 65.1 Å². The Kier molecular flexibility index (Phi) is 5.67. The van der Waals surface area contributed by atoms with Gasteiger partial charge in [-0.3, -0.25) is 4.79 Å². The largest absolute Gasteiger partial charge is 0.459 e. The molecule has 0 spiro atoms. The van der Waals surface area contributed by atoms with Gasteiger partial charge in [-0.05, 0) is 48.5 Å². The molecule has 2 aromatic carbocycles. The quantitative estimate of drug-likeness (QED) is 0.366. The Morgan fingerprint density at radius 1 is 1.09 bits per heavy atom. The van der Waals surface area contributed by atoms with Crippen LogP contribution in [0.1, 0.15) is 22.2 Å². The van der Waals surface area contributed by atoms with Crippen LogP contribution in [0.25, 0.3) is 11.3 Å². The maximum atomic E-state index is 13.9. The molecule has 11 heteroatoms. The second-order valence-corrected chi connectivity index (χ2v) is 7.84. The van der Waals surface area contributed by atoms with Crippen LogP contribution >= 0.6 is 11.6 Å². The van der Waals surface area contributed by atoms with Crippen molar-refractivity contribution in [1.82, 2.24) is 10.6 Å². The number of alkyl halides is 3. The number of amides is 2. The van der Waals surface area contributed by atoms with Crippen molar-refractivity contribution < 1.29 is 36.7 Å². The van der Waals surface area contributed by atoms with Gasteiger partial charge in [0.25, 0.3) is 0 Å². The smallest absolute Gasteiger partial charge is 0.437 e. The highest BCUT2D eigenvalue weighted by atomic mass is 35.5. The molecule has 3 N–H and O–H groups in total. The summed E-state index contributed by atoms with van der Waals surface area (Å²) in [6.45, 7) is 0. The molecular formula is C22H15ClF4N2O4. The van der Waals surface area contributed by atoms with Gasteiger partial charge in [0.15, 0.2) is 5.78 Å². The summed E-state index contributed by atoms with van der Waals surface area (Å²) in [4.78, 5) is 25.2. The predicted octanol–water partition coefficient (Wildman–Crippen LogP) is 4.84. The van der Waals surface area contributed by atoms with Crippen molar-refractivity contribution in [2.24, 2.45) is 5.92 Å². The van der Waals surface area contributed by atoms with E-state index in [1.165, 1.54) is 17.4 Å². The summed E-state index contributed by atoms with van der Waals surface area (Å²) in [6.07, 6.45) is -5.42. The van der Waals surface area contributed by atoms with Crippen LogP contribution in [0.3, 0.4) is 0 Å². The number of ketones is 1. The average Bonchev–Trinajstić information content (AvgIpc) is 3.23. The zero-order valence-corrected chi connectivity index (χ0v) is 17.2. The highest BCUT2D eigenvalue weighted by Gasteiger charge is 2.66. The Hall–Kier alpha value is -3.37. The Bertz CT molecular complexity index is 1210. The van der Waals surface area contributed by atoms with Crippen LogP contribution in [0.5, 0.6) is 0 Å². The number of aliphatic hydroxyl groups is 1. The fraction of sp³-hybridized carbons (Fsp3) is 0.182. The molecule has 2 amide bonds. The summed E-state index contributed by atoms with van der Waals surface area (Å²) in [6, 6.07) is 9.87. The van der Waals surface area contributed by atoms with Crippen LogP contribution in [0.4, 0.5) is 22.4 Å². The maximum Gasteiger partial charge on any atom is 0.437 e. The van der Waals surface area contributed by atoms with Crippen LogP contribution < -0.4 is 10.6 Å². The van der Waals surface area contributed by atoms with Gasteiger partial charge in [0, 0.05) is 16.1 Å². The first kappa shape index (κ1) is 22.8. The van der Waals surface area contributed by atoms with E-state index in [0.29, 0.717) is 10.6 Å². The molecule has 3 aromatic rings. The molecule has 6 nitrogen and oxygen atoms in total. The minimum atomic E-state index is -5.42. The Balaban J connectivity index is 1.81. The molecule has 4 rings (SSSR count). The monoisotopic (exact) mass is 482 g/mol. The van der Waals surface area contributed by atoms with Gasteiger partial charge in [0.2, 0.25) is 5.72 Å². The summed E-state index contributed by atoms with van der Waals surface area (Å²) in [5.74, 6) is -4.18. The lowest BCUT2D eigenvalue weighted by molar-refractivity contribution is -0.288. The van der Waals surface area contributed by atoms with Gasteiger partial charge >= 0.3 is 12.2 Å². The van der Waals surface area contributed by atoms with Crippen molar-refractivity contribution in [3.05, 3.63) is 82.8 Å². The first-order valence-corrected chi connectivity index (χ1v) is 9.90. The fourth-order valence-corrected chi connectivity index (χ4v) is 3.88. The number of halogens is 5. The zero-order valence-electron chi connectivity index (χ0n) is 16.5. The molecule has 0 radical (unpaired) electrons. The molecule has 0 aliphatic carbocycles. The average molecular weight is 483 g/mol. The summed E-state index contributed by atoms with van der Waals surface area (Å²) < 4.78 is 60.8. The van der Waals surface area contributed by atoms with Crippen molar-refractivity contribution in [2.45, 2.75) is 17.9 Å². The highest BCUT2D eigenvalue weighted by Crippen LogP contribution is 2.44. The van der Waals surface area contributed by atoms with E-state index < -0.39 is 41.5 Å². The van der Waals surface area contributed by atoms with E-state index in [-0.39, 0.29) is 17.1 Å². The minimum absolute atomic E-state index is 0.206. The normalized spacial score (nSPS) is 23.0. The number of nitrogens with one attached hydrogen (secondary N) is 2. The lowest BCUT2D eigenvalue weighted by atomic mass is 9.79. The molecule has 33 heavy (non-hydrogen) atoms. The predicted molar refractivity (Wildman–Crippen MR) is 109 cm³/mol. The molecule has 1 aromatic heterocycles. The number of carbonyl (C=O) groups excluding carboxylic acids is 2. The third kappa shape index (κ3) is 4.19. The SMILES string of the molecule is O=C1N[C@@H](c2ccc(-c3cccc(Cl)c3)o2)[C@@H](C(=O)c2ccc(F)cc2)[C@](O)(C(F)(F)F)N1. The minimum Gasteiger partial charge on any atom is -0.459 e. The van der Waals surface area contributed by atoms with Gasteiger partial charge in [0.1, 0.15) is 29.3 Å². The molecule has 0 bridgehead atoms. The number of hydrogen-bond acceptors (Lipinski definition) is 4. The van der Waals surface area contributed by atoms with Crippen LogP contribution in [-0.4, -0.2) is 28.8 Å². The van der Waals surface area contributed by atoms with E-state index >= 15 is 0 Å². The molecule has 0 unspecified atom stereocenters. The summed E-state index contributed by atoms with van der Waals surface area (Å²) in [7, 11) is 0. The molecule has 1 fully saturated rings. The third-order valence-corrected chi connectivity index (χ3v) is 5.50. The molecule has 0 saturated carbocycles. The Morgan fingerprint density at radius 3 is 2.42 bits per heavy atom. The van der Waals surface area contributed by atoms with Crippen LogP contribution in [-0.2, 0) is 0 Å². The van der Waals surface area contributed by atoms with Gasteiger partial charge in [-0.25, -0.2) is 9.18 Å². The van der Waals surface area contributed by atoms with Crippen molar-refractivity contribution in [2.75, 3.05) is 0 Å². The number of Topliss-reactive ketones (excluding diaryl/α,β-unsaturated/α-hetero) is 1. The molecule has 1 aliphatic rings. The van der Waals surface area contributed by atoms with Crippen molar-refractivity contribution in [3.63, 3.8) is 0 Å². The number of furan rings is 1. The molecule has 2 heterocycles. The Morgan fingerprint density at radius 2 is 1.79 bits per heavy atom. The summed E-state index contributed by atoms with van der Waals surface area (Å²) in [5.41, 5.74) is -3.72. The summed E-state index contributed by atoms with van der Waals surface area (Å²) >= 11 is 5.96. The van der Waals surface area contributed by atoms with Gasteiger partial charge in [-0.2, -0.15) is 13.2 Å². The van der Waals surface area contributed by atoms with Crippen molar-refractivity contribution >= 4 is 23.4 Å². The van der Waals surface area contributed by atoms with Crippen molar-refractivity contribution in [1.29, 1.82) is 0 Å². The first-order valence-electron chi connectivity index (χ1n) is 9.53. The number of carbonyl (C=O) groups is 2. The van der Waals surface area contributed by atoms with Crippen LogP contribution in [0.2, 0.25) is 5.02 Å². The van der Waals surface area contributed by atoms with E-state index in [9.17, 15) is 32.3 Å². The van der Waals surface area contributed by atoms with Gasteiger partial charge in [0.05, 0.1) is 0 Å². The van der Waals surface area contributed by atoms with Crippen molar-refractivity contribution in [3.8, 4) is 11.3 Å². The lowest BCUT2D eigenvalue weighted by Crippen LogP contribution is -2.72. The molecule has 1 saturated heterocycles. The third-order valence-electron chi connectivity index (χ3n) is 5.26. The van der Waals surface area contributed by atoms with Gasteiger partial charge in [-0.1, -0.05) is 23.7 Å². The number of rotatable bonds is 4. The highest BCUT2D eigenvalue weighted by molar-refractivity contribution is 6.30. The number of hydrogen-bond donors (Lipinski definition) is 3. The second kappa shape index (κ2) is 8.20. The number of benzene rings is 2. The van der Waals surface area contributed by atoms with Crippen LogP contribution in [0, 0.1) is 11.7 Å². The topological polar surface area (TPSA) is 91.6 Å². The standard InChI is InChI=1S/C22H15ClF4N2O4/c23-13-3-1-2-12(10-13)15-8-9-16(33-15)18-17(19(30)11-4-6-14(24)7-5-11)21(32,22(25,26)27)29-20(31)28-18/h1-10,17-18,32H,(H2,28,29,31)/t17-,18-,21-/m0/s1. The molecule has 1 aliphatic heterocycles. The first-order chi connectivity index (χ1) is 15.5. The lowest BCUT2D eigenvalue weighted by Gasteiger charge is -2.44. The molecule has 3 atom stereocenters. The second-order valence-electron chi connectivity index (χ2n) is 7.40. The summed E-state index contributed by atoms with van der Waals surface area (Å²) in [5, 5.41) is 14.6. The van der Waals surface area contributed by atoms with Gasteiger partial charge < -0.3 is 20.2 Å². The van der Waals surface area contributed by atoms with E-state index in [1.807, 2.05) is 0 Å². The molecule has 172 valence electrons. The fourth-order valence-electron chi connectivity index (χ4n) is 3.69. The van der Waals surface area contributed by atoms with Gasteiger partial charge in [-0.15, -0.1) is 0 Å². The zero-order chi connectivity index (χ0) is 24.0. The van der Waals surface area contributed by atoms with E-state index in [4.69, 9.17) is 16.0 Å². The Labute approximate surface area is 189 Å².